The number of fused-ring (bicyclic) bond motifs is 3. The highest BCUT2D eigenvalue weighted by Gasteiger charge is 2.19. The minimum atomic E-state index is -0.241. The number of anilines is 1. The molecular formula is C20H14BrNO2. The molecule has 0 atom stereocenters. The second-order valence-corrected chi connectivity index (χ2v) is 6.60. The number of hydrogen-bond acceptors (Lipinski definition) is 2. The van der Waals surface area contributed by atoms with Crippen molar-refractivity contribution in [3.63, 3.8) is 0 Å². The number of furan rings is 1. The van der Waals surface area contributed by atoms with Gasteiger partial charge in [0.15, 0.2) is 5.76 Å². The first-order valence-electron chi connectivity index (χ1n) is 7.61. The highest BCUT2D eigenvalue weighted by molar-refractivity contribution is 9.10. The molecule has 1 amide bonds. The summed E-state index contributed by atoms with van der Waals surface area (Å²) in [5, 5.41) is 5.96. The highest BCUT2D eigenvalue weighted by Crippen LogP contribution is 2.32. The molecule has 0 spiro atoms. The summed E-state index contributed by atoms with van der Waals surface area (Å²) >= 11 is 3.38. The van der Waals surface area contributed by atoms with E-state index in [0.29, 0.717) is 5.76 Å². The zero-order valence-corrected chi connectivity index (χ0v) is 14.6. The maximum absolute atomic E-state index is 12.6. The Hall–Kier alpha value is -2.59. The van der Waals surface area contributed by atoms with E-state index in [9.17, 15) is 4.79 Å². The van der Waals surface area contributed by atoms with Crippen LogP contribution in [0, 0.1) is 6.92 Å². The van der Waals surface area contributed by atoms with Crippen LogP contribution in [-0.2, 0) is 0 Å². The van der Waals surface area contributed by atoms with Gasteiger partial charge in [0, 0.05) is 26.5 Å². The molecule has 0 fully saturated rings. The summed E-state index contributed by atoms with van der Waals surface area (Å²) in [6.45, 7) is 1.91. The summed E-state index contributed by atoms with van der Waals surface area (Å²) in [5.74, 6) is 0.111. The third-order valence-electron chi connectivity index (χ3n) is 4.14. The minimum absolute atomic E-state index is 0.241. The predicted molar refractivity (Wildman–Crippen MR) is 101 cm³/mol. The number of halogens is 1. The fourth-order valence-electron chi connectivity index (χ4n) is 2.89. The summed E-state index contributed by atoms with van der Waals surface area (Å²) in [7, 11) is 0. The maximum atomic E-state index is 12.6. The Morgan fingerprint density at radius 3 is 2.50 bits per heavy atom. The first kappa shape index (κ1) is 15.0. The van der Waals surface area contributed by atoms with Crippen LogP contribution in [0.15, 0.2) is 69.6 Å². The SMILES string of the molecule is Cc1c(C(=O)Nc2ccc(Br)cc2)oc2c1ccc1ccccc12. The molecule has 0 unspecified atom stereocenters. The van der Waals surface area contributed by atoms with Crippen LogP contribution in [0.25, 0.3) is 21.7 Å². The number of rotatable bonds is 2. The molecule has 118 valence electrons. The van der Waals surface area contributed by atoms with Crippen molar-refractivity contribution >= 4 is 49.3 Å². The molecule has 0 aliphatic carbocycles. The largest absolute Gasteiger partial charge is 0.450 e. The average molecular weight is 380 g/mol. The fraction of sp³-hybridized carbons (Fsp3) is 0.0500. The summed E-state index contributed by atoms with van der Waals surface area (Å²) < 4.78 is 6.91. The van der Waals surface area contributed by atoms with Gasteiger partial charge in [0.2, 0.25) is 0 Å². The van der Waals surface area contributed by atoms with Crippen molar-refractivity contribution in [3.05, 3.63) is 76.5 Å². The molecule has 0 radical (unpaired) electrons. The van der Waals surface area contributed by atoms with Crippen molar-refractivity contribution in [3.8, 4) is 0 Å². The standard InChI is InChI=1S/C20H14BrNO2/c1-12-16-11-6-13-4-2-3-5-17(13)19(16)24-18(12)20(23)22-15-9-7-14(21)8-10-15/h2-11H,1H3,(H,22,23). The Morgan fingerprint density at radius 2 is 1.71 bits per heavy atom. The number of carbonyl (C=O) groups is 1. The van der Waals surface area contributed by atoms with Crippen LogP contribution in [0.5, 0.6) is 0 Å². The monoisotopic (exact) mass is 379 g/mol. The molecule has 4 aromatic rings. The molecule has 0 bridgehead atoms. The van der Waals surface area contributed by atoms with Gasteiger partial charge in [-0.05, 0) is 36.6 Å². The third kappa shape index (κ3) is 2.49. The molecule has 0 aliphatic heterocycles. The minimum Gasteiger partial charge on any atom is -0.450 e. The van der Waals surface area contributed by atoms with Gasteiger partial charge in [-0.3, -0.25) is 4.79 Å². The summed E-state index contributed by atoms with van der Waals surface area (Å²) in [4.78, 5) is 12.6. The molecule has 3 nitrogen and oxygen atoms in total. The van der Waals surface area contributed by atoms with E-state index in [1.54, 1.807) is 0 Å². The molecule has 0 aliphatic rings. The molecule has 4 heteroatoms. The van der Waals surface area contributed by atoms with Gasteiger partial charge in [-0.25, -0.2) is 0 Å². The van der Waals surface area contributed by atoms with Crippen LogP contribution >= 0.6 is 15.9 Å². The van der Waals surface area contributed by atoms with Gasteiger partial charge in [-0.2, -0.15) is 0 Å². The van der Waals surface area contributed by atoms with E-state index in [1.165, 1.54) is 0 Å². The van der Waals surface area contributed by atoms with Gasteiger partial charge in [0.1, 0.15) is 5.58 Å². The van der Waals surface area contributed by atoms with Gasteiger partial charge in [-0.15, -0.1) is 0 Å². The number of nitrogens with one attached hydrogen (secondary N) is 1. The van der Waals surface area contributed by atoms with E-state index in [0.717, 1.165) is 37.5 Å². The fourth-order valence-corrected chi connectivity index (χ4v) is 3.15. The van der Waals surface area contributed by atoms with Gasteiger partial charge in [0.25, 0.3) is 5.91 Å². The second-order valence-electron chi connectivity index (χ2n) is 5.68. The first-order chi connectivity index (χ1) is 11.6. The van der Waals surface area contributed by atoms with E-state index < -0.39 is 0 Å². The molecule has 3 aromatic carbocycles. The molecule has 1 N–H and O–H groups in total. The lowest BCUT2D eigenvalue weighted by molar-refractivity contribution is 0.0998. The second kappa shape index (κ2) is 5.80. The number of amides is 1. The molecule has 24 heavy (non-hydrogen) atoms. The third-order valence-corrected chi connectivity index (χ3v) is 4.67. The number of aryl methyl sites for hydroxylation is 1. The Bertz CT molecular complexity index is 1060. The Balaban J connectivity index is 1.78. The van der Waals surface area contributed by atoms with Crippen LogP contribution < -0.4 is 5.32 Å². The van der Waals surface area contributed by atoms with E-state index in [2.05, 4.69) is 27.3 Å². The molecular weight excluding hydrogens is 366 g/mol. The van der Waals surface area contributed by atoms with Crippen LogP contribution in [-0.4, -0.2) is 5.91 Å². The molecule has 0 saturated carbocycles. The Kier molecular flexibility index (Phi) is 3.62. The van der Waals surface area contributed by atoms with Crippen LogP contribution in [0.1, 0.15) is 16.1 Å². The number of hydrogen-bond donors (Lipinski definition) is 1. The normalized spacial score (nSPS) is 11.1. The van der Waals surface area contributed by atoms with Gasteiger partial charge in [0.05, 0.1) is 0 Å². The summed E-state index contributed by atoms with van der Waals surface area (Å²) in [6.07, 6.45) is 0. The van der Waals surface area contributed by atoms with Gasteiger partial charge < -0.3 is 9.73 Å². The molecule has 0 saturated heterocycles. The molecule has 1 aromatic heterocycles. The van der Waals surface area contributed by atoms with Crippen molar-refractivity contribution in [2.75, 3.05) is 5.32 Å². The van der Waals surface area contributed by atoms with E-state index in [1.807, 2.05) is 61.5 Å². The van der Waals surface area contributed by atoms with Crippen molar-refractivity contribution in [1.82, 2.24) is 0 Å². The maximum Gasteiger partial charge on any atom is 0.291 e. The highest BCUT2D eigenvalue weighted by atomic mass is 79.9. The quantitative estimate of drug-likeness (QED) is 0.470. The lowest BCUT2D eigenvalue weighted by atomic mass is 10.1. The Labute approximate surface area is 147 Å². The van der Waals surface area contributed by atoms with E-state index in [-0.39, 0.29) is 5.91 Å². The zero-order valence-electron chi connectivity index (χ0n) is 13.0. The lowest BCUT2D eigenvalue weighted by Crippen LogP contribution is -2.11. The van der Waals surface area contributed by atoms with Crippen molar-refractivity contribution < 1.29 is 9.21 Å². The first-order valence-corrected chi connectivity index (χ1v) is 8.40. The Morgan fingerprint density at radius 1 is 0.958 bits per heavy atom. The van der Waals surface area contributed by atoms with Crippen molar-refractivity contribution in [2.45, 2.75) is 6.92 Å². The molecule has 1 heterocycles. The van der Waals surface area contributed by atoms with Crippen LogP contribution in [0.4, 0.5) is 5.69 Å². The lowest BCUT2D eigenvalue weighted by Gasteiger charge is -2.03. The van der Waals surface area contributed by atoms with Crippen molar-refractivity contribution in [1.29, 1.82) is 0 Å². The average Bonchev–Trinajstić information content (AvgIpc) is 2.94. The smallest absolute Gasteiger partial charge is 0.291 e. The van der Waals surface area contributed by atoms with Gasteiger partial charge >= 0.3 is 0 Å². The molecule has 4 rings (SSSR count). The summed E-state index contributed by atoms with van der Waals surface area (Å²) in [6, 6.07) is 19.5. The van der Waals surface area contributed by atoms with Crippen LogP contribution in [0.2, 0.25) is 0 Å². The van der Waals surface area contributed by atoms with Gasteiger partial charge in [-0.1, -0.05) is 52.3 Å². The topological polar surface area (TPSA) is 42.2 Å². The van der Waals surface area contributed by atoms with Crippen molar-refractivity contribution in [2.24, 2.45) is 0 Å². The predicted octanol–water partition coefficient (Wildman–Crippen LogP) is 5.91. The number of carbonyl (C=O) groups excluding carboxylic acids is 1. The van der Waals surface area contributed by atoms with Crippen LogP contribution in [0.3, 0.4) is 0 Å². The number of benzene rings is 3. The van der Waals surface area contributed by atoms with E-state index in [4.69, 9.17) is 4.42 Å². The summed E-state index contributed by atoms with van der Waals surface area (Å²) in [5.41, 5.74) is 2.34. The van der Waals surface area contributed by atoms with E-state index >= 15 is 0 Å². The zero-order chi connectivity index (χ0) is 16.7.